The highest BCUT2D eigenvalue weighted by Crippen LogP contribution is 2.45. The summed E-state index contributed by atoms with van der Waals surface area (Å²) in [4.78, 5) is 27.4. The number of hydrogen-bond donors (Lipinski definition) is 0. The van der Waals surface area contributed by atoms with Crippen LogP contribution in [0.5, 0.6) is 0 Å². The second-order valence-electron chi connectivity index (χ2n) is 3.41. The molecule has 2 aliphatic carbocycles. The molecule has 3 atom stereocenters. The van der Waals surface area contributed by atoms with Gasteiger partial charge in [-0.25, -0.2) is 14.6 Å². The molecule has 3 unspecified atom stereocenters. The molecule has 0 spiro atoms. The van der Waals surface area contributed by atoms with Crippen molar-refractivity contribution in [1.82, 2.24) is 0 Å². The summed E-state index contributed by atoms with van der Waals surface area (Å²) in [7, 11) is 0. The van der Waals surface area contributed by atoms with Crippen LogP contribution < -0.4 is 0 Å². The predicted octanol–water partition coefficient (Wildman–Crippen LogP) is 0.950. The number of rotatable bonds is 2. The monoisotopic (exact) mass is 176 g/mol. The van der Waals surface area contributed by atoms with Crippen molar-refractivity contribution in [3.05, 3.63) is 11.8 Å². The van der Waals surface area contributed by atoms with Gasteiger partial charge in [-0.05, 0) is 12.8 Å². The molecule has 2 aliphatic rings. The summed E-state index contributed by atoms with van der Waals surface area (Å²) in [5, 5.41) is 0. The first-order chi connectivity index (χ1) is 6.35. The van der Waals surface area contributed by atoms with E-state index in [0.717, 1.165) is 18.5 Å². The van der Waals surface area contributed by atoms with Gasteiger partial charge in [0, 0.05) is 11.8 Å². The zero-order valence-electron chi connectivity index (χ0n) is 6.93. The van der Waals surface area contributed by atoms with Crippen molar-refractivity contribution in [1.29, 1.82) is 0 Å². The fraction of sp³-hybridized carbons (Fsp3) is 0.556. The molecule has 1 saturated carbocycles. The highest BCUT2D eigenvalue weighted by Gasteiger charge is 2.40. The number of nitrogens with zero attached hydrogens (tertiary/aromatic N) is 2. The molecule has 0 saturated heterocycles. The van der Waals surface area contributed by atoms with Gasteiger partial charge in [0.15, 0.2) is 0 Å². The van der Waals surface area contributed by atoms with Gasteiger partial charge in [0.25, 0.3) is 0 Å². The Morgan fingerprint density at radius 2 is 2.15 bits per heavy atom. The summed E-state index contributed by atoms with van der Waals surface area (Å²) in [6, 6.07) is 0.0631. The lowest BCUT2D eigenvalue weighted by atomic mass is 10.0. The topological polar surface area (TPSA) is 58.9 Å². The molecule has 13 heavy (non-hydrogen) atoms. The van der Waals surface area contributed by atoms with E-state index in [1.54, 1.807) is 12.2 Å². The van der Waals surface area contributed by atoms with Crippen LogP contribution in [0.2, 0.25) is 0 Å². The van der Waals surface area contributed by atoms with Gasteiger partial charge in [-0.1, -0.05) is 6.08 Å². The van der Waals surface area contributed by atoms with Gasteiger partial charge in [0.2, 0.25) is 12.2 Å². The van der Waals surface area contributed by atoms with Crippen LogP contribution in [0, 0.1) is 11.8 Å². The van der Waals surface area contributed by atoms with E-state index in [1.165, 1.54) is 0 Å². The van der Waals surface area contributed by atoms with E-state index in [4.69, 9.17) is 0 Å². The van der Waals surface area contributed by atoms with Crippen molar-refractivity contribution in [2.75, 3.05) is 0 Å². The third kappa shape index (κ3) is 1.26. The third-order valence-corrected chi connectivity index (χ3v) is 2.77. The standard InChI is InChI=1S/C9H8N2O2/c12-4-10-8-2-6-1-7(8)3-9(6)11-5-13/h2,6-7,9H,1,3H2. The normalized spacial score (nSPS) is 34.8. The molecule has 0 amide bonds. The van der Waals surface area contributed by atoms with Gasteiger partial charge in [0.05, 0.1) is 11.7 Å². The van der Waals surface area contributed by atoms with Crippen molar-refractivity contribution in [2.45, 2.75) is 18.9 Å². The van der Waals surface area contributed by atoms with Gasteiger partial charge < -0.3 is 0 Å². The zero-order valence-corrected chi connectivity index (χ0v) is 6.93. The Kier molecular flexibility index (Phi) is 1.93. The Hall–Kier alpha value is -1.50. The number of isocyanates is 2. The Bertz CT molecular complexity index is 349. The van der Waals surface area contributed by atoms with Crippen LogP contribution in [0.15, 0.2) is 21.8 Å². The molecule has 4 nitrogen and oxygen atoms in total. The molecule has 0 aromatic heterocycles. The first-order valence-electron chi connectivity index (χ1n) is 4.21. The average Bonchev–Trinajstić information content (AvgIpc) is 2.65. The van der Waals surface area contributed by atoms with Gasteiger partial charge in [-0.2, -0.15) is 4.99 Å². The van der Waals surface area contributed by atoms with E-state index < -0.39 is 0 Å². The number of carbonyl (C=O) groups excluding carboxylic acids is 2. The van der Waals surface area contributed by atoms with E-state index >= 15 is 0 Å². The first-order valence-corrected chi connectivity index (χ1v) is 4.21. The Labute approximate surface area is 75.1 Å². The minimum absolute atomic E-state index is 0.0631. The second kappa shape index (κ2) is 3.09. The van der Waals surface area contributed by atoms with E-state index in [2.05, 4.69) is 9.98 Å². The van der Waals surface area contributed by atoms with Crippen molar-refractivity contribution >= 4 is 12.2 Å². The van der Waals surface area contributed by atoms with Crippen molar-refractivity contribution in [2.24, 2.45) is 21.8 Å². The molecule has 0 heterocycles. The fourth-order valence-corrected chi connectivity index (χ4v) is 2.22. The molecule has 0 aromatic rings. The molecule has 4 heteroatoms. The Balaban J connectivity index is 2.19. The van der Waals surface area contributed by atoms with Crippen LogP contribution in [-0.4, -0.2) is 18.2 Å². The molecular formula is C9H8N2O2. The molecular weight excluding hydrogens is 168 g/mol. The zero-order chi connectivity index (χ0) is 9.26. The molecule has 0 aromatic carbocycles. The highest BCUT2D eigenvalue weighted by molar-refractivity contribution is 5.40. The van der Waals surface area contributed by atoms with E-state index in [0.29, 0.717) is 5.92 Å². The summed E-state index contributed by atoms with van der Waals surface area (Å²) in [5.41, 5.74) is 0.817. The maximum atomic E-state index is 10.0. The van der Waals surface area contributed by atoms with Crippen LogP contribution in [0.25, 0.3) is 0 Å². The number of hydrogen-bond acceptors (Lipinski definition) is 4. The number of fused-ring (bicyclic) bond motifs is 2. The quantitative estimate of drug-likeness (QED) is 0.464. The molecule has 0 aliphatic heterocycles. The van der Waals surface area contributed by atoms with E-state index in [9.17, 15) is 9.59 Å². The summed E-state index contributed by atoms with van der Waals surface area (Å²) in [6.45, 7) is 0. The SMILES string of the molecule is O=C=NC1=CC2CC1CC2N=C=O. The molecule has 2 bridgehead atoms. The predicted molar refractivity (Wildman–Crippen MR) is 44.3 cm³/mol. The van der Waals surface area contributed by atoms with Crippen LogP contribution >= 0.6 is 0 Å². The summed E-state index contributed by atoms with van der Waals surface area (Å²) >= 11 is 0. The maximum Gasteiger partial charge on any atom is 0.240 e. The van der Waals surface area contributed by atoms with Crippen molar-refractivity contribution in [3.8, 4) is 0 Å². The lowest BCUT2D eigenvalue weighted by molar-refractivity contribution is 0.532. The van der Waals surface area contributed by atoms with Crippen molar-refractivity contribution < 1.29 is 9.59 Å². The second-order valence-corrected chi connectivity index (χ2v) is 3.41. The van der Waals surface area contributed by atoms with E-state index in [1.807, 2.05) is 6.08 Å². The Morgan fingerprint density at radius 1 is 1.31 bits per heavy atom. The van der Waals surface area contributed by atoms with Gasteiger partial charge >= 0.3 is 0 Å². The lowest BCUT2D eigenvalue weighted by Gasteiger charge is -2.12. The summed E-state index contributed by atoms with van der Waals surface area (Å²) < 4.78 is 0. The summed E-state index contributed by atoms with van der Waals surface area (Å²) in [6.07, 6.45) is 6.81. The fourth-order valence-electron chi connectivity index (χ4n) is 2.22. The molecule has 0 N–H and O–H groups in total. The van der Waals surface area contributed by atoms with Crippen LogP contribution in [0.1, 0.15) is 12.8 Å². The van der Waals surface area contributed by atoms with Gasteiger partial charge in [-0.3, -0.25) is 0 Å². The molecule has 66 valence electrons. The lowest BCUT2D eigenvalue weighted by Crippen LogP contribution is -2.11. The van der Waals surface area contributed by atoms with Crippen LogP contribution in [0.4, 0.5) is 0 Å². The van der Waals surface area contributed by atoms with Crippen molar-refractivity contribution in [3.63, 3.8) is 0 Å². The average molecular weight is 176 g/mol. The van der Waals surface area contributed by atoms with Gasteiger partial charge in [0.1, 0.15) is 0 Å². The van der Waals surface area contributed by atoms with Crippen LogP contribution in [0.3, 0.4) is 0 Å². The van der Waals surface area contributed by atoms with Gasteiger partial charge in [-0.15, -0.1) is 0 Å². The Morgan fingerprint density at radius 3 is 2.69 bits per heavy atom. The first kappa shape index (κ1) is 8.11. The summed E-state index contributed by atoms with van der Waals surface area (Å²) in [5.74, 6) is 0.576. The minimum Gasteiger partial charge on any atom is -0.211 e. The largest absolute Gasteiger partial charge is 0.240 e. The maximum absolute atomic E-state index is 10.0. The van der Waals surface area contributed by atoms with Crippen LogP contribution in [-0.2, 0) is 9.59 Å². The molecule has 2 rings (SSSR count). The van der Waals surface area contributed by atoms with E-state index in [-0.39, 0.29) is 12.0 Å². The highest BCUT2D eigenvalue weighted by atomic mass is 16.1. The minimum atomic E-state index is 0.0631. The smallest absolute Gasteiger partial charge is 0.211 e. The molecule has 1 fully saturated rings. The number of allylic oxidation sites excluding steroid dienone is 1. The molecule has 0 radical (unpaired) electrons. The third-order valence-electron chi connectivity index (χ3n) is 2.77. The number of aliphatic imine (C=N–C) groups is 2.